The fourth-order valence-corrected chi connectivity index (χ4v) is 3.78. The zero-order valence-electron chi connectivity index (χ0n) is 19.2. The number of pyridine rings is 1. The lowest BCUT2D eigenvalue weighted by Gasteiger charge is -2.35. The van der Waals surface area contributed by atoms with Crippen LogP contribution in [0.15, 0.2) is 54.6 Å². The van der Waals surface area contributed by atoms with Gasteiger partial charge in [0.2, 0.25) is 0 Å². The zero-order chi connectivity index (χ0) is 22.5. The van der Waals surface area contributed by atoms with Gasteiger partial charge in [-0.05, 0) is 42.9 Å². The first-order valence-corrected chi connectivity index (χ1v) is 10.7. The summed E-state index contributed by atoms with van der Waals surface area (Å²) in [5.74, 6) is -0.0882. The molecule has 2 aromatic carbocycles. The van der Waals surface area contributed by atoms with Crippen LogP contribution in [0.25, 0.3) is 10.9 Å². The first-order chi connectivity index (χ1) is 15.5. The molecule has 2 heterocycles. The molecule has 8 nitrogen and oxygen atoms in total. The average molecular weight is 544 g/mol. The second-order valence-corrected chi connectivity index (χ2v) is 7.64. The summed E-state index contributed by atoms with van der Waals surface area (Å²) in [5, 5.41) is 13.0. The van der Waals surface area contributed by atoms with Gasteiger partial charge in [-0.1, -0.05) is 25.1 Å². The normalized spacial score (nSPS) is 13.1. The second-order valence-electron chi connectivity index (χ2n) is 7.64. The van der Waals surface area contributed by atoms with Crippen molar-refractivity contribution in [2.24, 2.45) is 0 Å². The maximum Gasteiger partial charge on any atom is 0.336 e. The maximum absolute atomic E-state index is 12.3. The number of rotatable bonds is 7. The molecule has 1 fully saturated rings. The van der Waals surface area contributed by atoms with Gasteiger partial charge in [0.25, 0.3) is 5.91 Å². The molecule has 4 rings (SSSR count). The average Bonchev–Trinajstić information content (AvgIpc) is 2.82. The van der Waals surface area contributed by atoms with Gasteiger partial charge in [0.1, 0.15) is 11.6 Å². The Morgan fingerprint density at radius 2 is 1.69 bits per heavy atom. The van der Waals surface area contributed by atoms with Gasteiger partial charge in [-0.3, -0.25) is 4.79 Å². The standard InChI is InChI=1S/C24H26N4O4.3ClH/c1-2-27-10-12-28(13-11-27)22-15-20(24(30)31)19-14-17(8-9-21(19)26-22)25-23(29)16-32-18-6-4-3-5-7-18;;;/h3-9,14-15H,2,10-13,16H2,1H3,(H,25,29)(H,30,31);3*1H. The van der Waals surface area contributed by atoms with Crippen LogP contribution in [0, 0.1) is 0 Å². The van der Waals surface area contributed by atoms with Gasteiger partial charge >= 0.3 is 5.97 Å². The number of likely N-dealkylation sites (N-methyl/N-ethyl adjacent to an activating group) is 1. The Hall–Kier alpha value is -2.78. The van der Waals surface area contributed by atoms with E-state index in [0.717, 1.165) is 32.7 Å². The Morgan fingerprint density at radius 3 is 2.31 bits per heavy atom. The highest BCUT2D eigenvalue weighted by atomic mass is 35.5. The van der Waals surface area contributed by atoms with Crippen molar-refractivity contribution >= 4 is 71.5 Å². The molecule has 3 aromatic rings. The van der Waals surface area contributed by atoms with E-state index >= 15 is 0 Å². The molecular formula is C24H29Cl3N4O4. The number of benzene rings is 2. The third-order valence-corrected chi connectivity index (χ3v) is 5.57. The van der Waals surface area contributed by atoms with E-state index in [1.54, 1.807) is 36.4 Å². The number of amides is 1. The molecule has 0 aliphatic carbocycles. The van der Waals surface area contributed by atoms with E-state index in [2.05, 4.69) is 22.0 Å². The predicted octanol–water partition coefficient (Wildman–Crippen LogP) is 4.36. The molecule has 1 aromatic heterocycles. The van der Waals surface area contributed by atoms with Gasteiger partial charge < -0.3 is 25.0 Å². The number of aromatic nitrogens is 1. The molecule has 190 valence electrons. The van der Waals surface area contributed by atoms with Crippen molar-refractivity contribution in [3.63, 3.8) is 0 Å². The number of hydrogen-bond donors (Lipinski definition) is 2. The second kappa shape index (κ2) is 13.9. The number of ether oxygens (including phenoxy) is 1. The van der Waals surface area contributed by atoms with Crippen LogP contribution in [0.4, 0.5) is 11.5 Å². The molecule has 0 spiro atoms. The van der Waals surface area contributed by atoms with Gasteiger partial charge in [0.15, 0.2) is 6.61 Å². The molecule has 0 radical (unpaired) electrons. The molecule has 2 N–H and O–H groups in total. The number of piperazine rings is 1. The zero-order valence-corrected chi connectivity index (χ0v) is 21.6. The van der Waals surface area contributed by atoms with E-state index in [1.807, 2.05) is 18.2 Å². The van der Waals surface area contributed by atoms with Crippen LogP contribution in [0.1, 0.15) is 17.3 Å². The number of nitrogens with one attached hydrogen (secondary N) is 1. The Balaban J connectivity index is 0.00000204. The van der Waals surface area contributed by atoms with Crippen LogP contribution in [0.3, 0.4) is 0 Å². The monoisotopic (exact) mass is 542 g/mol. The Bertz CT molecular complexity index is 1130. The molecule has 1 amide bonds. The van der Waals surface area contributed by atoms with Crippen molar-refractivity contribution in [1.29, 1.82) is 0 Å². The lowest BCUT2D eigenvalue weighted by molar-refractivity contribution is -0.118. The summed E-state index contributed by atoms with van der Waals surface area (Å²) in [6.45, 7) is 6.46. The number of carbonyl (C=O) groups is 2. The lowest BCUT2D eigenvalue weighted by Crippen LogP contribution is -2.46. The van der Waals surface area contributed by atoms with Crippen molar-refractivity contribution in [3.05, 3.63) is 60.2 Å². The van der Waals surface area contributed by atoms with Crippen molar-refractivity contribution in [1.82, 2.24) is 9.88 Å². The minimum Gasteiger partial charge on any atom is -0.484 e. The number of carbonyl (C=O) groups excluding carboxylic acids is 1. The van der Waals surface area contributed by atoms with E-state index in [0.29, 0.717) is 28.2 Å². The molecule has 0 bridgehead atoms. The summed E-state index contributed by atoms with van der Waals surface area (Å²) in [7, 11) is 0. The van der Waals surface area contributed by atoms with Crippen LogP contribution < -0.4 is 15.0 Å². The summed E-state index contributed by atoms with van der Waals surface area (Å²) in [5.41, 5.74) is 1.24. The van der Waals surface area contributed by atoms with E-state index in [4.69, 9.17) is 9.72 Å². The minimum atomic E-state index is -1.03. The Kier molecular flexibility index (Phi) is 12.1. The van der Waals surface area contributed by atoms with Crippen LogP contribution in [0.5, 0.6) is 5.75 Å². The van der Waals surface area contributed by atoms with Crippen molar-refractivity contribution in [2.75, 3.05) is 49.5 Å². The number of hydrogen-bond acceptors (Lipinski definition) is 6. The number of carboxylic acid groups (broad SMARTS) is 1. The number of carboxylic acids is 1. The molecule has 0 atom stereocenters. The molecule has 1 aliphatic heterocycles. The molecule has 35 heavy (non-hydrogen) atoms. The molecule has 0 saturated carbocycles. The number of aromatic carboxylic acids is 1. The number of nitrogens with zero attached hydrogens (tertiary/aromatic N) is 3. The number of anilines is 2. The van der Waals surface area contributed by atoms with E-state index in [-0.39, 0.29) is 55.3 Å². The van der Waals surface area contributed by atoms with E-state index in [1.165, 1.54) is 0 Å². The highest BCUT2D eigenvalue weighted by Gasteiger charge is 2.20. The fraction of sp³-hybridized carbons (Fsp3) is 0.292. The number of para-hydroxylation sites is 1. The van der Waals surface area contributed by atoms with Gasteiger partial charge in [-0.15, -0.1) is 37.2 Å². The Labute approximate surface area is 222 Å². The third-order valence-electron chi connectivity index (χ3n) is 5.57. The SMILES string of the molecule is CCN1CCN(c2cc(C(=O)O)c3cc(NC(=O)COc4ccccc4)ccc3n2)CC1.Cl.Cl.Cl. The molecule has 0 unspecified atom stereocenters. The third kappa shape index (κ3) is 7.60. The minimum absolute atomic E-state index is 0. The van der Waals surface area contributed by atoms with Gasteiger partial charge in [-0.25, -0.2) is 9.78 Å². The first-order valence-electron chi connectivity index (χ1n) is 10.7. The van der Waals surface area contributed by atoms with E-state index < -0.39 is 5.97 Å². The fourth-order valence-electron chi connectivity index (χ4n) is 3.78. The molecule has 1 aliphatic rings. The van der Waals surface area contributed by atoms with Crippen LogP contribution in [0.2, 0.25) is 0 Å². The summed E-state index contributed by atoms with van der Waals surface area (Å²) < 4.78 is 5.46. The summed E-state index contributed by atoms with van der Waals surface area (Å²) in [6.07, 6.45) is 0. The highest BCUT2D eigenvalue weighted by Crippen LogP contribution is 2.27. The largest absolute Gasteiger partial charge is 0.484 e. The topological polar surface area (TPSA) is 95.0 Å². The Morgan fingerprint density at radius 1 is 1.00 bits per heavy atom. The predicted molar refractivity (Wildman–Crippen MR) is 145 cm³/mol. The molecule has 1 saturated heterocycles. The van der Waals surface area contributed by atoms with Crippen molar-refractivity contribution < 1.29 is 19.4 Å². The van der Waals surface area contributed by atoms with Crippen molar-refractivity contribution in [2.45, 2.75) is 6.92 Å². The summed E-state index contributed by atoms with van der Waals surface area (Å²) >= 11 is 0. The lowest BCUT2D eigenvalue weighted by atomic mass is 10.1. The summed E-state index contributed by atoms with van der Waals surface area (Å²) in [4.78, 5) is 33.4. The highest BCUT2D eigenvalue weighted by molar-refractivity contribution is 6.05. The van der Waals surface area contributed by atoms with Gasteiger partial charge in [0, 0.05) is 37.3 Å². The van der Waals surface area contributed by atoms with Crippen LogP contribution >= 0.6 is 37.2 Å². The van der Waals surface area contributed by atoms with Gasteiger partial charge in [0.05, 0.1) is 11.1 Å². The van der Waals surface area contributed by atoms with Gasteiger partial charge in [-0.2, -0.15) is 0 Å². The van der Waals surface area contributed by atoms with Crippen molar-refractivity contribution in [3.8, 4) is 5.75 Å². The first kappa shape index (κ1) is 30.3. The van der Waals surface area contributed by atoms with E-state index in [9.17, 15) is 14.7 Å². The number of fused-ring (bicyclic) bond motifs is 1. The van der Waals surface area contributed by atoms with Crippen LogP contribution in [-0.4, -0.2) is 66.2 Å². The maximum atomic E-state index is 12.3. The molecular weight excluding hydrogens is 515 g/mol. The smallest absolute Gasteiger partial charge is 0.336 e. The van der Waals surface area contributed by atoms with Crippen LogP contribution in [-0.2, 0) is 4.79 Å². The quantitative estimate of drug-likeness (QED) is 0.457. The molecule has 11 heteroatoms. The number of halogens is 3. The summed E-state index contributed by atoms with van der Waals surface area (Å²) in [6, 6.07) is 15.8.